The molecule has 0 aliphatic heterocycles. The Morgan fingerprint density at radius 3 is 2.72 bits per heavy atom. The summed E-state index contributed by atoms with van der Waals surface area (Å²) in [7, 11) is 1.68. The van der Waals surface area contributed by atoms with Crippen LogP contribution in [0.4, 0.5) is 0 Å². The lowest BCUT2D eigenvalue weighted by Crippen LogP contribution is -2.41. The molecule has 0 heterocycles. The molecule has 4 rings (SSSR count). The van der Waals surface area contributed by atoms with Crippen molar-refractivity contribution >= 4 is 46.4 Å². The summed E-state index contributed by atoms with van der Waals surface area (Å²) in [5.41, 5.74) is 2.62. The minimum Gasteiger partial charge on any atom is -0.359 e. The van der Waals surface area contributed by atoms with E-state index in [2.05, 4.69) is 77.2 Å². The molecule has 3 heteroatoms. The Morgan fingerprint density at radius 1 is 1.00 bits per heavy atom. The van der Waals surface area contributed by atoms with Gasteiger partial charge >= 0.3 is 0 Å². The minimum atomic E-state index is 0.0187. The van der Waals surface area contributed by atoms with Gasteiger partial charge < -0.3 is 9.47 Å². The zero-order valence-corrected chi connectivity index (χ0v) is 16.5. The van der Waals surface area contributed by atoms with E-state index in [1.165, 1.54) is 35.6 Å². The van der Waals surface area contributed by atoms with Crippen molar-refractivity contribution in [1.82, 2.24) is 0 Å². The molecule has 0 saturated heterocycles. The predicted octanol–water partition coefficient (Wildman–Crippen LogP) is 2.02. The van der Waals surface area contributed by atoms with Gasteiger partial charge in [0.1, 0.15) is 6.79 Å². The van der Waals surface area contributed by atoms with Gasteiger partial charge in [-0.05, 0) is 74.4 Å². The van der Waals surface area contributed by atoms with Crippen LogP contribution < -0.4 is 20.9 Å². The first-order valence-electron chi connectivity index (χ1n) is 8.69. The fraction of sp³-hybridized carbons (Fsp3) is 0.273. The lowest BCUT2D eigenvalue weighted by molar-refractivity contribution is -0.0504. The van der Waals surface area contributed by atoms with E-state index in [0.717, 1.165) is 19.3 Å². The molecule has 0 N–H and O–H groups in total. The van der Waals surface area contributed by atoms with Crippen LogP contribution in [0.3, 0.4) is 0 Å². The molecular formula is C22H21IO2. The Morgan fingerprint density at radius 2 is 1.84 bits per heavy atom. The van der Waals surface area contributed by atoms with Crippen molar-refractivity contribution in [3.05, 3.63) is 66.4 Å². The fourth-order valence-electron chi connectivity index (χ4n) is 3.79. The lowest BCUT2D eigenvalue weighted by atomic mass is 9.88. The summed E-state index contributed by atoms with van der Waals surface area (Å²) in [5, 5.41) is 5.27. The van der Waals surface area contributed by atoms with E-state index < -0.39 is 0 Å². The van der Waals surface area contributed by atoms with Gasteiger partial charge in [0, 0.05) is 16.2 Å². The van der Waals surface area contributed by atoms with E-state index in [0.29, 0.717) is 6.79 Å². The highest BCUT2D eigenvalue weighted by Crippen LogP contribution is 2.24. The monoisotopic (exact) mass is 444 g/mol. The minimum absolute atomic E-state index is 0.0187. The molecule has 2 aromatic rings. The van der Waals surface area contributed by atoms with Crippen LogP contribution in [0.1, 0.15) is 24.8 Å². The molecule has 0 unspecified atom stereocenters. The van der Waals surface area contributed by atoms with Crippen LogP contribution in [0.5, 0.6) is 0 Å². The van der Waals surface area contributed by atoms with Crippen molar-refractivity contribution in [2.75, 3.05) is 13.9 Å². The molecule has 0 aromatic heterocycles. The van der Waals surface area contributed by atoms with Crippen molar-refractivity contribution < 1.29 is 9.47 Å². The summed E-state index contributed by atoms with van der Waals surface area (Å²) in [6, 6.07) is 13.1. The molecule has 2 aliphatic carbocycles. The zero-order valence-electron chi connectivity index (χ0n) is 14.3. The van der Waals surface area contributed by atoms with Gasteiger partial charge in [0.2, 0.25) is 0 Å². The quantitative estimate of drug-likeness (QED) is 0.531. The van der Waals surface area contributed by atoms with Crippen molar-refractivity contribution in [1.29, 1.82) is 0 Å². The Bertz CT molecular complexity index is 1040. The van der Waals surface area contributed by atoms with E-state index in [9.17, 15) is 0 Å². The zero-order chi connectivity index (χ0) is 17.2. The Labute approximate surface area is 161 Å². The summed E-state index contributed by atoms with van der Waals surface area (Å²) in [5.74, 6) is 0. The molecule has 0 radical (unpaired) electrons. The van der Waals surface area contributed by atoms with Crippen LogP contribution in [-0.2, 0) is 9.47 Å². The van der Waals surface area contributed by atoms with E-state index in [1.54, 1.807) is 7.11 Å². The van der Waals surface area contributed by atoms with E-state index >= 15 is 0 Å². The number of hydrogen-bond donors (Lipinski definition) is 0. The fourth-order valence-corrected chi connectivity index (χ4v) is 4.55. The maximum atomic E-state index is 6.08. The van der Waals surface area contributed by atoms with Crippen molar-refractivity contribution in [2.45, 2.75) is 25.4 Å². The first-order chi connectivity index (χ1) is 12.3. The second kappa shape index (κ2) is 7.44. The largest absolute Gasteiger partial charge is 0.359 e. The van der Waals surface area contributed by atoms with E-state index in [4.69, 9.17) is 9.47 Å². The summed E-state index contributed by atoms with van der Waals surface area (Å²) < 4.78 is 12.6. The van der Waals surface area contributed by atoms with Gasteiger partial charge in [0.05, 0.1) is 6.10 Å². The maximum Gasteiger partial charge on any atom is 0.147 e. The van der Waals surface area contributed by atoms with Crippen LogP contribution in [0.15, 0.2) is 36.4 Å². The highest BCUT2D eigenvalue weighted by Gasteiger charge is 2.23. The molecule has 0 fully saturated rings. The van der Waals surface area contributed by atoms with Crippen LogP contribution in [-0.4, -0.2) is 20.0 Å². The Balaban J connectivity index is 2.07. The maximum absolute atomic E-state index is 6.08. The molecule has 2 aliphatic rings. The second-order valence-electron chi connectivity index (χ2n) is 6.41. The highest BCUT2D eigenvalue weighted by atomic mass is 127. The second-order valence-corrected chi connectivity index (χ2v) is 7.58. The van der Waals surface area contributed by atoms with Gasteiger partial charge in [-0.3, -0.25) is 0 Å². The van der Waals surface area contributed by atoms with Gasteiger partial charge in [-0.2, -0.15) is 0 Å². The molecule has 0 saturated carbocycles. The number of halogens is 1. The first-order valence-corrected chi connectivity index (χ1v) is 9.76. The topological polar surface area (TPSA) is 18.5 Å². The molecule has 0 spiro atoms. The lowest BCUT2D eigenvalue weighted by Gasteiger charge is -2.25. The summed E-state index contributed by atoms with van der Waals surface area (Å²) in [6.45, 7) is 0.311. The molecule has 0 bridgehead atoms. The molecule has 25 heavy (non-hydrogen) atoms. The number of rotatable bonds is 4. The Hall–Kier alpha value is -1.43. The SMILES string of the molecule is COCO[C@H]1CC=c2ccccc2=C1c1c(I)ccc2c1=CCCC=2. The average molecular weight is 444 g/mol. The number of methoxy groups -OCH3 is 1. The van der Waals surface area contributed by atoms with Crippen LogP contribution in [0, 0.1) is 3.57 Å². The van der Waals surface area contributed by atoms with Crippen LogP contribution >= 0.6 is 22.6 Å². The molecule has 0 amide bonds. The van der Waals surface area contributed by atoms with Crippen molar-refractivity contribution in [3.63, 3.8) is 0 Å². The third-order valence-electron chi connectivity index (χ3n) is 4.89. The van der Waals surface area contributed by atoms with Crippen molar-refractivity contribution in [3.8, 4) is 0 Å². The van der Waals surface area contributed by atoms with E-state index in [-0.39, 0.29) is 6.10 Å². The van der Waals surface area contributed by atoms with E-state index in [1.807, 2.05) is 0 Å². The van der Waals surface area contributed by atoms with Crippen LogP contribution in [0.2, 0.25) is 0 Å². The standard InChI is InChI=1S/C22H21IO2/c1-24-14-25-20-13-11-16-7-3-5-9-18(16)22(20)21-17-8-4-2-6-15(17)10-12-19(21)23/h3,5-12,20H,2,4,13-14H2,1H3/t20-/m0/s1. The molecule has 1 atom stereocenters. The number of benzene rings is 2. The number of hydrogen-bond acceptors (Lipinski definition) is 2. The molecule has 128 valence electrons. The van der Waals surface area contributed by atoms with Crippen molar-refractivity contribution in [2.24, 2.45) is 0 Å². The third kappa shape index (κ3) is 3.21. The van der Waals surface area contributed by atoms with Crippen LogP contribution in [0.25, 0.3) is 23.8 Å². The average Bonchev–Trinajstić information content (AvgIpc) is 2.66. The summed E-state index contributed by atoms with van der Waals surface area (Å²) >= 11 is 2.46. The Kier molecular flexibility index (Phi) is 5.06. The highest BCUT2D eigenvalue weighted by molar-refractivity contribution is 14.1. The van der Waals surface area contributed by atoms with Gasteiger partial charge in [-0.25, -0.2) is 0 Å². The summed E-state index contributed by atoms with van der Waals surface area (Å²) in [4.78, 5) is 0. The van der Waals surface area contributed by atoms with Gasteiger partial charge in [0.15, 0.2) is 0 Å². The molecular weight excluding hydrogens is 423 g/mol. The smallest absolute Gasteiger partial charge is 0.147 e. The normalized spacial score (nSPS) is 18.5. The van der Waals surface area contributed by atoms with Gasteiger partial charge in [-0.15, -0.1) is 0 Å². The summed E-state index contributed by atoms with van der Waals surface area (Å²) in [6.07, 6.45) is 10.1. The molecule has 2 aromatic carbocycles. The molecule has 2 nitrogen and oxygen atoms in total. The number of ether oxygens (including phenoxy) is 2. The number of fused-ring (bicyclic) bond motifs is 2. The third-order valence-corrected chi connectivity index (χ3v) is 5.79. The predicted molar refractivity (Wildman–Crippen MR) is 111 cm³/mol. The van der Waals surface area contributed by atoms with Gasteiger partial charge in [-0.1, -0.05) is 48.6 Å². The van der Waals surface area contributed by atoms with Gasteiger partial charge in [0.25, 0.3) is 0 Å². The first kappa shape index (κ1) is 17.0.